The Kier molecular flexibility index (Phi) is 7.66. The van der Waals surface area contributed by atoms with Crippen LogP contribution in [-0.2, 0) is 13.0 Å². The molecule has 1 unspecified atom stereocenters. The molecule has 8 rings (SSSR count). The molecule has 2 aromatic carbocycles. The summed E-state index contributed by atoms with van der Waals surface area (Å²) in [6.45, 7) is 2.95. The molecule has 16 heteroatoms. The number of nitrogens with zero attached hydrogens (tertiary/aromatic N) is 6. The molecular weight excluding hydrogens is 640 g/mol. The number of aromatic hydroxyl groups is 1. The number of benzene rings is 2. The van der Waals surface area contributed by atoms with Crippen molar-refractivity contribution in [3.8, 4) is 11.5 Å². The van der Waals surface area contributed by atoms with E-state index in [9.17, 15) is 14.7 Å². The van der Waals surface area contributed by atoms with E-state index < -0.39 is 0 Å². The number of fused-ring (bicyclic) bond motifs is 6. The highest BCUT2D eigenvalue weighted by molar-refractivity contribution is 6.00. The van der Waals surface area contributed by atoms with Crippen LogP contribution in [0.5, 0.6) is 11.5 Å². The highest BCUT2D eigenvalue weighted by Gasteiger charge is 2.21. The molecule has 2 aliphatic heterocycles. The highest BCUT2D eigenvalue weighted by atomic mass is 16.5. The van der Waals surface area contributed by atoms with Gasteiger partial charge >= 0.3 is 0 Å². The molecule has 50 heavy (non-hydrogen) atoms. The molecule has 0 saturated carbocycles. The predicted molar refractivity (Wildman–Crippen MR) is 187 cm³/mol. The van der Waals surface area contributed by atoms with E-state index >= 15 is 0 Å². The van der Waals surface area contributed by atoms with Crippen LogP contribution in [0.4, 0.5) is 34.6 Å². The minimum atomic E-state index is -0.346. The van der Waals surface area contributed by atoms with Gasteiger partial charge in [-0.1, -0.05) is 0 Å². The van der Waals surface area contributed by atoms with Crippen LogP contribution in [0.1, 0.15) is 45.2 Å². The van der Waals surface area contributed by atoms with Gasteiger partial charge in [0.2, 0.25) is 0 Å². The molecule has 1 atom stereocenters. The summed E-state index contributed by atoms with van der Waals surface area (Å²) in [5, 5.41) is 38.4. The van der Waals surface area contributed by atoms with E-state index in [1.165, 1.54) is 12.4 Å². The second kappa shape index (κ2) is 12.5. The van der Waals surface area contributed by atoms with E-state index in [2.05, 4.69) is 42.1 Å². The number of aromatic nitrogens is 6. The van der Waals surface area contributed by atoms with Crippen LogP contribution in [0.15, 0.2) is 60.9 Å². The van der Waals surface area contributed by atoms with E-state index in [-0.39, 0.29) is 30.2 Å². The number of rotatable bonds is 4. The van der Waals surface area contributed by atoms with Crippen LogP contribution >= 0.6 is 0 Å². The van der Waals surface area contributed by atoms with Gasteiger partial charge in [-0.15, -0.1) is 0 Å². The van der Waals surface area contributed by atoms with Gasteiger partial charge in [0, 0.05) is 55.8 Å². The molecule has 7 N–H and O–H groups in total. The normalized spacial score (nSPS) is 15.9. The molecule has 0 spiro atoms. The molecular formula is C34H34N12O4. The third kappa shape index (κ3) is 5.98. The molecule has 2 aliphatic rings. The van der Waals surface area contributed by atoms with Crippen LogP contribution < -0.4 is 36.6 Å². The van der Waals surface area contributed by atoms with Gasteiger partial charge in [-0.3, -0.25) is 9.59 Å². The fourth-order valence-electron chi connectivity index (χ4n) is 6.16. The molecule has 0 saturated heterocycles. The van der Waals surface area contributed by atoms with Crippen molar-refractivity contribution < 1.29 is 19.4 Å². The van der Waals surface area contributed by atoms with E-state index in [1.54, 1.807) is 40.3 Å². The number of amides is 2. The van der Waals surface area contributed by atoms with Crippen molar-refractivity contribution in [2.75, 3.05) is 41.4 Å². The van der Waals surface area contributed by atoms with Crippen molar-refractivity contribution in [1.29, 1.82) is 0 Å². The van der Waals surface area contributed by atoms with Crippen molar-refractivity contribution in [1.82, 2.24) is 39.8 Å². The Balaban J connectivity index is 1.15. The van der Waals surface area contributed by atoms with Crippen molar-refractivity contribution >= 4 is 57.8 Å². The summed E-state index contributed by atoms with van der Waals surface area (Å²) >= 11 is 0. The van der Waals surface area contributed by atoms with Crippen molar-refractivity contribution in [2.45, 2.75) is 32.4 Å². The van der Waals surface area contributed by atoms with Gasteiger partial charge in [0.15, 0.2) is 11.3 Å². The summed E-state index contributed by atoms with van der Waals surface area (Å²) in [6, 6.07) is 14.7. The van der Waals surface area contributed by atoms with Crippen LogP contribution in [0.25, 0.3) is 11.3 Å². The lowest BCUT2D eigenvalue weighted by Gasteiger charge is -2.18. The van der Waals surface area contributed by atoms with Gasteiger partial charge in [-0.2, -0.15) is 19.2 Å². The lowest BCUT2D eigenvalue weighted by Crippen LogP contribution is -2.33. The van der Waals surface area contributed by atoms with Crippen molar-refractivity contribution in [2.24, 2.45) is 0 Å². The van der Waals surface area contributed by atoms with Crippen molar-refractivity contribution in [3.63, 3.8) is 0 Å². The SMILES string of the molecule is CNc1cc2nc3c(cnn13)C(=O)NCC(C)Oc1cc(CNc3cc4nc5c(cnn35)C(=O)NCCCc3cc(O)cc(c3)N4)cc(c1)N2. The molecule has 6 heterocycles. The maximum absolute atomic E-state index is 13.2. The number of anilines is 6. The first-order valence-electron chi connectivity index (χ1n) is 16.2. The summed E-state index contributed by atoms with van der Waals surface area (Å²) in [4.78, 5) is 35.7. The number of carbonyl (C=O) groups excluding carboxylic acids is 2. The van der Waals surface area contributed by atoms with Gasteiger partial charge in [-0.25, -0.2) is 9.97 Å². The summed E-state index contributed by atoms with van der Waals surface area (Å²) in [7, 11) is 1.78. The summed E-state index contributed by atoms with van der Waals surface area (Å²) in [5.41, 5.74) is 4.67. The number of carbonyl (C=O) groups is 2. The van der Waals surface area contributed by atoms with Gasteiger partial charge in [0.1, 0.15) is 52.0 Å². The zero-order chi connectivity index (χ0) is 34.4. The quantitative estimate of drug-likeness (QED) is 0.143. The number of hydrogen-bond acceptors (Lipinski definition) is 12. The Morgan fingerprint density at radius 3 is 2.28 bits per heavy atom. The third-order valence-corrected chi connectivity index (χ3v) is 8.47. The first-order chi connectivity index (χ1) is 24.3. The van der Waals surface area contributed by atoms with E-state index in [0.29, 0.717) is 83.1 Å². The second-order valence-corrected chi connectivity index (χ2v) is 12.2. The maximum atomic E-state index is 13.2. The summed E-state index contributed by atoms with van der Waals surface area (Å²) in [6.07, 6.45) is 4.05. The number of hydrogen-bond donors (Lipinski definition) is 7. The van der Waals surface area contributed by atoms with E-state index in [4.69, 9.17) is 14.7 Å². The minimum Gasteiger partial charge on any atom is -0.508 e. The first-order valence-corrected chi connectivity index (χ1v) is 16.2. The Morgan fingerprint density at radius 1 is 0.860 bits per heavy atom. The monoisotopic (exact) mass is 674 g/mol. The molecule has 4 aromatic heterocycles. The Bertz CT molecular complexity index is 2300. The van der Waals surface area contributed by atoms with Gasteiger partial charge in [-0.05, 0) is 55.2 Å². The third-order valence-electron chi connectivity index (χ3n) is 8.47. The van der Waals surface area contributed by atoms with Crippen LogP contribution in [0.2, 0.25) is 0 Å². The fourth-order valence-corrected chi connectivity index (χ4v) is 6.16. The topological polar surface area (TPSA) is 196 Å². The molecule has 8 bridgehead atoms. The molecule has 0 radical (unpaired) electrons. The highest BCUT2D eigenvalue weighted by Crippen LogP contribution is 2.30. The molecule has 2 amide bonds. The predicted octanol–water partition coefficient (Wildman–Crippen LogP) is 3.81. The zero-order valence-corrected chi connectivity index (χ0v) is 27.2. The average Bonchev–Trinajstić information content (AvgIpc) is 3.72. The number of phenolic OH excluding ortho intramolecular Hbond substituents is 1. The Hall–Kier alpha value is -6.58. The van der Waals surface area contributed by atoms with E-state index in [0.717, 1.165) is 16.8 Å². The molecule has 6 aromatic rings. The van der Waals surface area contributed by atoms with Gasteiger partial charge in [0.25, 0.3) is 11.8 Å². The van der Waals surface area contributed by atoms with Crippen molar-refractivity contribution in [3.05, 3.63) is 83.2 Å². The average molecular weight is 675 g/mol. The maximum Gasteiger partial charge on any atom is 0.256 e. The Labute approximate surface area is 285 Å². The minimum absolute atomic E-state index is 0.140. The first kappa shape index (κ1) is 30.7. The molecule has 254 valence electrons. The standard InChI is InChI=1S/C34H34N12O4/c1-18-14-38-34(49)26-17-39-45-29(35-2)12-27(43-31(26)45)42-22-7-20(9-24(11-22)50-18)15-37-30-13-28-41-21-6-19(8-23(47)10-21)4-3-5-36-33(48)25-16-40-46(30)32(25)44-28/h6-13,16-18,35,37,47H,3-5,14-15H2,1-2H3,(H,36,48)(H,38,49)(H,41,44)(H,42,43). The second-order valence-electron chi connectivity index (χ2n) is 12.2. The number of aryl methyl sites for hydroxylation is 1. The smallest absolute Gasteiger partial charge is 0.256 e. The van der Waals surface area contributed by atoms with E-state index in [1.807, 2.05) is 31.2 Å². The lowest BCUT2D eigenvalue weighted by atomic mass is 10.1. The van der Waals surface area contributed by atoms with Gasteiger partial charge in [0.05, 0.1) is 18.9 Å². The zero-order valence-electron chi connectivity index (χ0n) is 27.2. The number of nitrogens with one attached hydrogen (secondary N) is 6. The molecule has 16 nitrogen and oxygen atoms in total. The lowest BCUT2D eigenvalue weighted by molar-refractivity contribution is 0.0931. The fraction of sp³-hybridized carbons (Fsp3) is 0.235. The molecule has 0 fully saturated rings. The summed E-state index contributed by atoms with van der Waals surface area (Å²) < 4.78 is 9.44. The number of ether oxygens (including phenoxy) is 1. The largest absolute Gasteiger partial charge is 0.508 e. The van der Waals surface area contributed by atoms with Crippen LogP contribution in [0.3, 0.4) is 0 Å². The van der Waals surface area contributed by atoms with Gasteiger partial charge < -0.3 is 41.7 Å². The van der Waals surface area contributed by atoms with Crippen LogP contribution in [-0.4, -0.2) is 72.4 Å². The molecule has 0 aliphatic carbocycles. The Morgan fingerprint density at radius 2 is 1.54 bits per heavy atom. The summed E-state index contributed by atoms with van der Waals surface area (Å²) in [5.74, 6) is 2.37. The van der Waals surface area contributed by atoms with Crippen LogP contribution in [0, 0.1) is 0 Å². The number of phenols is 1.